The molecule has 0 saturated heterocycles. The molecule has 1 heterocycles. The number of carbonyl (C=O) groups is 1. The number of sulfone groups is 1. The fourth-order valence-electron chi connectivity index (χ4n) is 2.75. The van der Waals surface area contributed by atoms with Gasteiger partial charge in [-0.05, 0) is 56.6 Å². The van der Waals surface area contributed by atoms with Gasteiger partial charge in [0.15, 0.2) is 15.0 Å². The minimum Gasteiger partial charge on any atom is -0.308 e. The average molecular weight is 531 g/mol. The largest absolute Gasteiger partial charge is 0.308 e. The first kappa shape index (κ1) is 23.1. The third kappa shape index (κ3) is 5.79. The van der Waals surface area contributed by atoms with Gasteiger partial charge in [-0.25, -0.2) is 13.4 Å². The van der Waals surface area contributed by atoms with Gasteiger partial charge in [0.05, 0.1) is 20.9 Å². The van der Waals surface area contributed by atoms with Crippen LogP contribution in [-0.2, 0) is 14.6 Å². The van der Waals surface area contributed by atoms with E-state index in [0.717, 1.165) is 14.7 Å². The van der Waals surface area contributed by atoms with Crippen molar-refractivity contribution >= 4 is 70.0 Å². The Morgan fingerprint density at radius 1 is 1.13 bits per heavy atom. The molecule has 0 fully saturated rings. The van der Waals surface area contributed by atoms with Crippen molar-refractivity contribution in [2.75, 3.05) is 37.8 Å². The Hall–Kier alpha value is -1.52. The molecule has 0 N–H and O–H groups in total. The monoisotopic (exact) mass is 529 g/mol. The van der Waals surface area contributed by atoms with Crippen LogP contribution in [0, 0.1) is 0 Å². The first-order valence-electron chi connectivity index (χ1n) is 9.15. The Labute approximate surface area is 193 Å². The van der Waals surface area contributed by atoms with Crippen LogP contribution in [0.15, 0.2) is 51.8 Å². The molecule has 1 amide bonds. The van der Waals surface area contributed by atoms with E-state index in [9.17, 15) is 13.2 Å². The van der Waals surface area contributed by atoms with Gasteiger partial charge < -0.3 is 4.90 Å². The van der Waals surface area contributed by atoms with E-state index in [2.05, 4.69) is 20.9 Å². The highest BCUT2D eigenvalue weighted by Gasteiger charge is 2.23. The van der Waals surface area contributed by atoms with Crippen LogP contribution in [0.2, 0.25) is 5.02 Å². The van der Waals surface area contributed by atoms with Crippen molar-refractivity contribution in [3.63, 3.8) is 0 Å². The van der Waals surface area contributed by atoms with Crippen molar-refractivity contribution in [3.05, 3.63) is 52.0 Å². The van der Waals surface area contributed by atoms with Crippen molar-refractivity contribution in [2.24, 2.45) is 0 Å². The number of rotatable bonds is 8. The number of hydrogen-bond donors (Lipinski definition) is 0. The van der Waals surface area contributed by atoms with Crippen molar-refractivity contribution < 1.29 is 13.2 Å². The Morgan fingerprint density at radius 3 is 2.50 bits per heavy atom. The molecule has 0 radical (unpaired) electrons. The number of nitrogens with zero attached hydrogens (tertiary/aromatic N) is 3. The van der Waals surface area contributed by atoms with Gasteiger partial charge in [0, 0.05) is 29.0 Å². The minimum atomic E-state index is -3.59. The van der Waals surface area contributed by atoms with Gasteiger partial charge in [0.2, 0.25) is 5.91 Å². The predicted octanol–water partition coefficient (Wildman–Crippen LogP) is 4.47. The van der Waals surface area contributed by atoms with Crippen molar-refractivity contribution in [2.45, 2.75) is 11.3 Å². The second-order valence-corrected chi connectivity index (χ2v) is 11.5. The van der Waals surface area contributed by atoms with Gasteiger partial charge in [0.25, 0.3) is 0 Å². The van der Waals surface area contributed by atoms with Gasteiger partial charge >= 0.3 is 0 Å². The van der Waals surface area contributed by atoms with E-state index >= 15 is 0 Å². The molecule has 10 heteroatoms. The smallest absolute Gasteiger partial charge is 0.229 e. The van der Waals surface area contributed by atoms with Gasteiger partial charge in [0.1, 0.15) is 0 Å². The highest BCUT2D eigenvalue weighted by molar-refractivity contribution is 9.10. The van der Waals surface area contributed by atoms with Gasteiger partial charge in [-0.15, -0.1) is 0 Å². The molecule has 2 aromatic carbocycles. The zero-order chi connectivity index (χ0) is 21.9. The number of halogens is 2. The lowest BCUT2D eigenvalue weighted by Gasteiger charge is -2.22. The number of likely N-dealkylation sites (N-methyl/N-ethyl adjacent to an activating group) is 1. The molecule has 1 aromatic heterocycles. The molecule has 0 unspecified atom stereocenters. The molecule has 30 heavy (non-hydrogen) atoms. The number of amides is 1. The quantitative estimate of drug-likeness (QED) is 0.430. The van der Waals surface area contributed by atoms with Crippen LogP contribution in [0.25, 0.3) is 10.2 Å². The van der Waals surface area contributed by atoms with Crippen LogP contribution in [0.1, 0.15) is 6.42 Å². The number of benzene rings is 2. The summed E-state index contributed by atoms with van der Waals surface area (Å²) < 4.78 is 27.1. The first-order valence-corrected chi connectivity index (χ1v) is 12.8. The Morgan fingerprint density at radius 2 is 1.83 bits per heavy atom. The Kier molecular flexibility index (Phi) is 7.52. The summed E-state index contributed by atoms with van der Waals surface area (Å²) >= 11 is 10.7. The van der Waals surface area contributed by atoms with Gasteiger partial charge in [-0.1, -0.05) is 38.9 Å². The normalized spacial score (nSPS) is 11.9. The second kappa shape index (κ2) is 9.74. The molecule has 160 valence electrons. The van der Waals surface area contributed by atoms with E-state index in [-0.39, 0.29) is 23.0 Å². The van der Waals surface area contributed by atoms with Crippen LogP contribution >= 0.6 is 38.9 Å². The molecule has 3 aromatic rings. The van der Waals surface area contributed by atoms with Crippen LogP contribution in [-0.4, -0.2) is 57.1 Å². The summed E-state index contributed by atoms with van der Waals surface area (Å²) in [5.41, 5.74) is 0.801. The zero-order valence-electron chi connectivity index (χ0n) is 16.5. The summed E-state index contributed by atoms with van der Waals surface area (Å²) in [6.07, 6.45) is -0.127. The van der Waals surface area contributed by atoms with E-state index in [1.54, 1.807) is 4.90 Å². The number of anilines is 1. The average Bonchev–Trinajstić information content (AvgIpc) is 3.09. The van der Waals surface area contributed by atoms with E-state index in [4.69, 9.17) is 11.6 Å². The van der Waals surface area contributed by atoms with Gasteiger partial charge in [-0.2, -0.15) is 0 Å². The summed E-state index contributed by atoms with van der Waals surface area (Å²) in [5.74, 6) is -0.546. The highest BCUT2D eigenvalue weighted by Crippen LogP contribution is 2.31. The maximum absolute atomic E-state index is 13.0. The molecule has 0 atom stereocenters. The Balaban J connectivity index is 1.80. The standard InChI is InChI=1S/C20H21BrClN3O3S2/c1-24(2)10-11-25(20-23-17-8-3-14(21)13-18(17)29-20)19(26)9-12-30(27,28)16-6-4-15(22)5-7-16/h3-8,13H,9-12H2,1-2H3. The molecule has 3 rings (SSSR count). The number of fused-ring (bicyclic) bond motifs is 1. The van der Waals surface area contributed by atoms with Crippen LogP contribution in [0.3, 0.4) is 0 Å². The van der Waals surface area contributed by atoms with Crippen molar-refractivity contribution in [1.29, 1.82) is 0 Å². The van der Waals surface area contributed by atoms with Gasteiger partial charge in [-0.3, -0.25) is 9.69 Å². The molecule has 0 spiro atoms. The second-order valence-electron chi connectivity index (χ2n) is 6.98. The summed E-state index contributed by atoms with van der Waals surface area (Å²) in [6.45, 7) is 1.06. The third-order valence-electron chi connectivity index (χ3n) is 4.40. The lowest BCUT2D eigenvalue weighted by molar-refractivity contribution is -0.118. The third-order valence-corrected chi connectivity index (χ3v) is 7.92. The van der Waals surface area contributed by atoms with Crippen LogP contribution < -0.4 is 4.90 Å². The number of aromatic nitrogens is 1. The van der Waals surface area contributed by atoms with E-state index in [0.29, 0.717) is 23.2 Å². The lowest BCUT2D eigenvalue weighted by atomic mass is 10.3. The topological polar surface area (TPSA) is 70.6 Å². The van der Waals surface area contributed by atoms with Crippen molar-refractivity contribution in [1.82, 2.24) is 9.88 Å². The highest BCUT2D eigenvalue weighted by atomic mass is 79.9. The molecule has 0 bridgehead atoms. The van der Waals surface area contributed by atoms with Crippen molar-refractivity contribution in [3.8, 4) is 0 Å². The maximum atomic E-state index is 13.0. The fourth-order valence-corrected chi connectivity index (χ4v) is 5.66. The lowest BCUT2D eigenvalue weighted by Crippen LogP contribution is -2.37. The molecule has 0 aliphatic rings. The number of carbonyl (C=O) groups excluding carboxylic acids is 1. The molecule has 0 aliphatic heterocycles. The molecular weight excluding hydrogens is 510 g/mol. The molecule has 6 nitrogen and oxygen atoms in total. The SMILES string of the molecule is CN(C)CCN(C(=O)CCS(=O)(=O)c1ccc(Cl)cc1)c1nc2ccc(Br)cc2s1. The summed E-state index contributed by atoms with van der Waals surface area (Å²) in [5, 5.41) is 1.03. The summed E-state index contributed by atoms with van der Waals surface area (Å²) in [6, 6.07) is 11.7. The summed E-state index contributed by atoms with van der Waals surface area (Å²) in [7, 11) is 0.250. The molecule has 0 saturated carbocycles. The first-order chi connectivity index (χ1) is 14.2. The Bertz CT molecular complexity index is 1150. The minimum absolute atomic E-state index is 0.127. The maximum Gasteiger partial charge on any atom is 0.229 e. The molecular formula is C20H21BrClN3O3S2. The van der Waals surface area contributed by atoms with E-state index in [1.807, 2.05) is 37.2 Å². The van der Waals surface area contributed by atoms with Crippen LogP contribution in [0.4, 0.5) is 5.13 Å². The summed E-state index contributed by atoms with van der Waals surface area (Å²) in [4.78, 5) is 21.3. The predicted molar refractivity (Wildman–Crippen MR) is 126 cm³/mol. The zero-order valence-corrected chi connectivity index (χ0v) is 20.5. The number of hydrogen-bond acceptors (Lipinski definition) is 6. The molecule has 0 aliphatic carbocycles. The van der Waals surface area contributed by atoms with Crippen LogP contribution in [0.5, 0.6) is 0 Å². The van der Waals surface area contributed by atoms with E-state index in [1.165, 1.54) is 35.6 Å². The fraction of sp³-hybridized carbons (Fsp3) is 0.300. The van der Waals surface area contributed by atoms with E-state index < -0.39 is 9.84 Å². The number of thiazole rings is 1.